The summed E-state index contributed by atoms with van der Waals surface area (Å²) in [6.45, 7) is 9.00. The van der Waals surface area contributed by atoms with E-state index in [1.54, 1.807) is 11.3 Å². The van der Waals surface area contributed by atoms with Crippen LogP contribution in [-0.2, 0) is 9.53 Å². The van der Waals surface area contributed by atoms with Crippen LogP contribution in [0.2, 0.25) is 0 Å². The number of amides is 1. The van der Waals surface area contributed by atoms with Gasteiger partial charge in [-0.2, -0.15) is 0 Å². The van der Waals surface area contributed by atoms with E-state index in [1.165, 1.54) is 0 Å². The monoisotopic (exact) mass is 319 g/mol. The molecule has 22 heavy (non-hydrogen) atoms. The van der Waals surface area contributed by atoms with E-state index >= 15 is 0 Å². The maximum absolute atomic E-state index is 12.5. The van der Waals surface area contributed by atoms with E-state index in [4.69, 9.17) is 4.74 Å². The van der Waals surface area contributed by atoms with Crippen molar-refractivity contribution in [2.45, 2.75) is 26.8 Å². The lowest BCUT2D eigenvalue weighted by molar-refractivity contribution is -0.122. The first-order valence-electron chi connectivity index (χ1n) is 7.54. The molecule has 1 saturated heterocycles. The van der Waals surface area contributed by atoms with Gasteiger partial charge in [0.05, 0.1) is 24.9 Å². The molecule has 0 aromatic carbocycles. The Morgan fingerprint density at radius 2 is 2.14 bits per heavy atom. The lowest BCUT2D eigenvalue weighted by Crippen LogP contribution is -2.47. The number of rotatable bonds is 3. The van der Waals surface area contributed by atoms with E-state index in [-0.39, 0.29) is 11.9 Å². The quantitative estimate of drug-likeness (QED) is 0.945. The standard InChI is InChI=1S/C16H21N3O2S/c1-10-8-11(2)17-16-14(10)13(9-22-16)18-15(20)12(3)19-4-6-21-7-5-19/h8-9,12H,4-7H2,1-3H3,(H,18,20). The maximum Gasteiger partial charge on any atom is 0.241 e. The number of carbonyl (C=O) groups is 1. The molecule has 118 valence electrons. The average molecular weight is 319 g/mol. The Balaban J connectivity index is 1.79. The van der Waals surface area contributed by atoms with Crippen molar-refractivity contribution in [3.05, 3.63) is 22.7 Å². The molecule has 3 heterocycles. The summed E-state index contributed by atoms with van der Waals surface area (Å²) in [5.41, 5.74) is 3.03. The van der Waals surface area contributed by atoms with Crippen molar-refractivity contribution in [1.82, 2.24) is 9.88 Å². The van der Waals surface area contributed by atoms with Crippen molar-refractivity contribution in [2.24, 2.45) is 0 Å². The largest absolute Gasteiger partial charge is 0.379 e. The normalized spacial score (nSPS) is 17.6. The summed E-state index contributed by atoms with van der Waals surface area (Å²) in [6.07, 6.45) is 0. The van der Waals surface area contributed by atoms with E-state index in [0.717, 1.165) is 40.3 Å². The highest BCUT2D eigenvalue weighted by atomic mass is 32.1. The van der Waals surface area contributed by atoms with Crippen LogP contribution in [0.4, 0.5) is 5.69 Å². The van der Waals surface area contributed by atoms with E-state index < -0.39 is 0 Å². The zero-order chi connectivity index (χ0) is 15.7. The molecule has 2 aromatic heterocycles. The van der Waals surface area contributed by atoms with E-state index in [2.05, 4.69) is 28.2 Å². The van der Waals surface area contributed by atoms with Gasteiger partial charge in [0.2, 0.25) is 5.91 Å². The molecule has 3 rings (SSSR count). The molecule has 0 spiro atoms. The third kappa shape index (κ3) is 2.99. The van der Waals surface area contributed by atoms with E-state index in [0.29, 0.717) is 13.2 Å². The van der Waals surface area contributed by atoms with Crippen LogP contribution in [-0.4, -0.2) is 48.1 Å². The van der Waals surface area contributed by atoms with Crippen LogP contribution < -0.4 is 5.32 Å². The first-order valence-corrected chi connectivity index (χ1v) is 8.42. The second-order valence-corrected chi connectivity index (χ2v) is 6.58. The maximum atomic E-state index is 12.5. The van der Waals surface area contributed by atoms with Gasteiger partial charge < -0.3 is 10.1 Å². The molecule has 1 aliphatic rings. The van der Waals surface area contributed by atoms with Gasteiger partial charge in [0.1, 0.15) is 4.83 Å². The lowest BCUT2D eigenvalue weighted by atomic mass is 10.1. The topological polar surface area (TPSA) is 54.5 Å². The van der Waals surface area contributed by atoms with Gasteiger partial charge in [0.15, 0.2) is 0 Å². The van der Waals surface area contributed by atoms with Crippen LogP contribution in [0.3, 0.4) is 0 Å². The third-order valence-electron chi connectivity index (χ3n) is 4.10. The van der Waals surface area contributed by atoms with Gasteiger partial charge in [-0.3, -0.25) is 9.69 Å². The summed E-state index contributed by atoms with van der Waals surface area (Å²) in [4.78, 5) is 20.2. The molecule has 1 atom stereocenters. The van der Waals surface area contributed by atoms with Crippen LogP contribution >= 0.6 is 11.3 Å². The number of aromatic nitrogens is 1. The van der Waals surface area contributed by atoms with Gasteiger partial charge in [0.25, 0.3) is 0 Å². The molecule has 5 nitrogen and oxygen atoms in total. The second kappa shape index (κ2) is 6.32. The SMILES string of the molecule is Cc1cc(C)c2c(NC(=O)C(C)N3CCOCC3)csc2n1. The predicted molar refractivity (Wildman–Crippen MR) is 89.6 cm³/mol. The fraction of sp³-hybridized carbons (Fsp3) is 0.500. The zero-order valence-electron chi connectivity index (χ0n) is 13.2. The molecule has 1 aliphatic heterocycles. The minimum atomic E-state index is -0.155. The number of ether oxygens (including phenoxy) is 1. The van der Waals surface area contributed by atoms with Crippen molar-refractivity contribution in [1.29, 1.82) is 0 Å². The highest BCUT2D eigenvalue weighted by Crippen LogP contribution is 2.32. The number of nitrogens with one attached hydrogen (secondary N) is 1. The number of aryl methyl sites for hydroxylation is 2. The number of morpholine rings is 1. The highest BCUT2D eigenvalue weighted by Gasteiger charge is 2.24. The molecule has 0 aliphatic carbocycles. The number of hydrogen-bond acceptors (Lipinski definition) is 5. The Morgan fingerprint density at radius 3 is 2.86 bits per heavy atom. The Kier molecular flexibility index (Phi) is 4.42. The highest BCUT2D eigenvalue weighted by molar-refractivity contribution is 7.17. The molecule has 1 unspecified atom stereocenters. The Bertz CT molecular complexity index is 692. The molecule has 0 saturated carbocycles. The van der Waals surface area contributed by atoms with Gasteiger partial charge in [0, 0.05) is 29.5 Å². The Morgan fingerprint density at radius 1 is 1.41 bits per heavy atom. The molecular weight excluding hydrogens is 298 g/mol. The average Bonchev–Trinajstić information content (AvgIpc) is 2.90. The molecule has 2 aromatic rings. The van der Waals surface area contributed by atoms with Gasteiger partial charge in [-0.25, -0.2) is 4.98 Å². The number of hydrogen-bond donors (Lipinski definition) is 1. The van der Waals surface area contributed by atoms with Crippen LogP contribution in [0.1, 0.15) is 18.2 Å². The summed E-state index contributed by atoms with van der Waals surface area (Å²) in [5.74, 6) is 0.0292. The number of thiophene rings is 1. The summed E-state index contributed by atoms with van der Waals surface area (Å²) in [5, 5.41) is 6.11. The molecule has 1 amide bonds. The van der Waals surface area contributed by atoms with Gasteiger partial charge in [-0.05, 0) is 32.4 Å². The molecule has 0 radical (unpaired) electrons. The minimum Gasteiger partial charge on any atom is -0.379 e. The number of fused-ring (bicyclic) bond motifs is 1. The van der Waals surface area contributed by atoms with Crippen molar-refractivity contribution in [3.8, 4) is 0 Å². The van der Waals surface area contributed by atoms with Crippen LogP contribution in [0.5, 0.6) is 0 Å². The number of pyridine rings is 1. The zero-order valence-corrected chi connectivity index (χ0v) is 14.0. The smallest absolute Gasteiger partial charge is 0.241 e. The van der Waals surface area contributed by atoms with Crippen LogP contribution in [0.15, 0.2) is 11.4 Å². The first kappa shape index (κ1) is 15.4. The van der Waals surface area contributed by atoms with E-state index in [9.17, 15) is 4.79 Å². The third-order valence-corrected chi connectivity index (χ3v) is 4.97. The van der Waals surface area contributed by atoms with Crippen molar-refractivity contribution >= 4 is 33.1 Å². The minimum absolute atomic E-state index is 0.0292. The Hall–Kier alpha value is -1.50. The summed E-state index contributed by atoms with van der Waals surface area (Å²) in [6, 6.07) is 1.90. The molecule has 1 fully saturated rings. The number of anilines is 1. The lowest BCUT2D eigenvalue weighted by Gasteiger charge is -2.31. The van der Waals surface area contributed by atoms with Gasteiger partial charge in [-0.1, -0.05) is 0 Å². The summed E-state index contributed by atoms with van der Waals surface area (Å²) >= 11 is 1.57. The van der Waals surface area contributed by atoms with Crippen molar-refractivity contribution in [2.75, 3.05) is 31.6 Å². The molecular formula is C16H21N3O2S. The Labute approximate surface area is 134 Å². The van der Waals surface area contributed by atoms with Crippen molar-refractivity contribution < 1.29 is 9.53 Å². The number of nitrogens with zero attached hydrogens (tertiary/aromatic N) is 2. The second-order valence-electron chi connectivity index (χ2n) is 5.72. The summed E-state index contributed by atoms with van der Waals surface area (Å²) < 4.78 is 5.34. The van der Waals surface area contributed by atoms with E-state index in [1.807, 2.05) is 19.2 Å². The fourth-order valence-electron chi connectivity index (χ4n) is 2.85. The first-order chi connectivity index (χ1) is 10.6. The molecule has 0 bridgehead atoms. The van der Waals surface area contributed by atoms with Crippen LogP contribution in [0, 0.1) is 13.8 Å². The fourth-order valence-corrected chi connectivity index (χ4v) is 3.84. The van der Waals surface area contributed by atoms with Gasteiger partial charge in [-0.15, -0.1) is 11.3 Å². The molecule has 6 heteroatoms. The predicted octanol–water partition coefficient (Wildman–Crippen LogP) is 2.57. The molecule has 1 N–H and O–H groups in total. The van der Waals surface area contributed by atoms with Gasteiger partial charge >= 0.3 is 0 Å². The van der Waals surface area contributed by atoms with Crippen LogP contribution in [0.25, 0.3) is 10.2 Å². The number of carbonyl (C=O) groups excluding carboxylic acids is 1. The summed E-state index contributed by atoms with van der Waals surface area (Å²) in [7, 11) is 0. The van der Waals surface area contributed by atoms with Crippen molar-refractivity contribution in [3.63, 3.8) is 0 Å².